The van der Waals surface area contributed by atoms with Crippen LogP contribution in [0.1, 0.15) is 6.42 Å². The summed E-state index contributed by atoms with van der Waals surface area (Å²) in [5.74, 6) is 1.26. The summed E-state index contributed by atoms with van der Waals surface area (Å²) in [7, 11) is -3.21. The quantitative estimate of drug-likeness (QED) is 0.736. The molecular weight excluding hydrogens is 298 g/mol. The average molecular weight is 321 g/mol. The zero-order valence-corrected chi connectivity index (χ0v) is 13.5. The Morgan fingerprint density at radius 2 is 2.10 bits per heavy atom. The van der Waals surface area contributed by atoms with Crippen molar-refractivity contribution >= 4 is 27.5 Å². The topological polar surface area (TPSA) is 69.7 Å². The Balaban J connectivity index is 1.98. The third-order valence-electron chi connectivity index (χ3n) is 3.69. The first kappa shape index (κ1) is 16.1. The largest absolute Gasteiger partial charge is 0.323 e. The Bertz CT molecular complexity index is 433. The standard InChI is InChI=1S/C12H23N3O3S2/c1-20(17,18)12-10-19-8-7-15(12)11(16)9-14-5-2-3-13-4-6-14/h12-13H,2-10H2,1H3. The second-order valence-corrected chi connectivity index (χ2v) is 8.68. The first-order chi connectivity index (χ1) is 9.48. The van der Waals surface area contributed by atoms with Gasteiger partial charge in [0.25, 0.3) is 0 Å². The van der Waals surface area contributed by atoms with Gasteiger partial charge < -0.3 is 10.2 Å². The summed E-state index contributed by atoms with van der Waals surface area (Å²) in [5.41, 5.74) is 0. The van der Waals surface area contributed by atoms with Crippen molar-refractivity contribution in [2.75, 3.05) is 57.0 Å². The minimum Gasteiger partial charge on any atom is -0.323 e. The molecule has 0 aromatic heterocycles. The molecule has 0 aromatic carbocycles. The van der Waals surface area contributed by atoms with Crippen molar-refractivity contribution in [3.63, 3.8) is 0 Å². The molecule has 0 radical (unpaired) electrons. The molecule has 2 aliphatic heterocycles. The van der Waals surface area contributed by atoms with Gasteiger partial charge in [0.2, 0.25) is 5.91 Å². The third-order valence-corrected chi connectivity index (χ3v) is 6.33. The minimum absolute atomic E-state index is 0.0531. The average Bonchev–Trinajstić information content (AvgIpc) is 2.66. The maximum Gasteiger partial charge on any atom is 0.237 e. The Hall–Kier alpha value is -0.310. The van der Waals surface area contributed by atoms with Gasteiger partial charge in [0, 0.05) is 37.4 Å². The van der Waals surface area contributed by atoms with Crippen molar-refractivity contribution in [1.29, 1.82) is 0 Å². The van der Waals surface area contributed by atoms with E-state index >= 15 is 0 Å². The molecule has 1 N–H and O–H groups in total. The summed E-state index contributed by atoms with van der Waals surface area (Å²) in [6, 6.07) is 0. The Morgan fingerprint density at radius 3 is 2.85 bits per heavy atom. The number of sulfone groups is 1. The van der Waals surface area contributed by atoms with Crippen molar-refractivity contribution in [3.05, 3.63) is 0 Å². The van der Waals surface area contributed by atoms with Crippen molar-refractivity contribution < 1.29 is 13.2 Å². The molecular formula is C12H23N3O3S2. The molecule has 20 heavy (non-hydrogen) atoms. The van der Waals surface area contributed by atoms with Gasteiger partial charge in [0.1, 0.15) is 5.37 Å². The molecule has 6 nitrogen and oxygen atoms in total. The molecule has 1 atom stereocenters. The van der Waals surface area contributed by atoms with Crippen LogP contribution in [0.3, 0.4) is 0 Å². The smallest absolute Gasteiger partial charge is 0.237 e. The highest BCUT2D eigenvalue weighted by Crippen LogP contribution is 2.20. The maximum absolute atomic E-state index is 12.4. The molecule has 2 rings (SSSR count). The predicted octanol–water partition coefficient (Wildman–Crippen LogP) is -0.772. The van der Waals surface area contributed by atoms with Gasteiger partial charge in [-0.1, -0.05) is 0 Å². The van der Waals surface area contributed by atoms with Crippen LogP contribution in [0.5, 0.6) is 0 Å². The van der Waals surface area contributed by atoms with Gasteiger partial charge in [-0.25, -0.2) is 8.42 Å². The summed E-state index contributed by atoms with van der Waals surface area (Å²) < 4.78 is 23.6. The molecule has 2 aliphatic rings. The molecule has 2 heterocycles. The number of carbonyl (C=O) groups is 1. The van der Waals surface area contributed by atoms with E-state index in [-0.39, 0.29) is 5.91 Å². The molecule has 2 saturated heterocycles. The van der Waals surface area contributed by atoms with E-state index in [0.29, 0.717) is 18.8 Å². The molecule has 0 aromatic rings. The number of thioether (sulfide) groups is 1. The van der Waals surface area contributed by atoms with E-state index in [4.69, 9.17) is 0 Å². The number of nitrogens with zero attached hydrogens (tertiary/aromatic N) is 2. The minimum atomic E-state index is -3.21. The van der Waals surface area contributed by atoms with Gasteiger partial charge in [-0.2, -0.15) is 11.8 Å². The monoisotopic (exact) mass is 321 g/mol. The van der Waals surface area contributed by atoms with Crippen LogP contribution in [0.15, 0.2) is 0 Å². The maximum atomic E-state index is 12.4. The fourth-order valence-corrected chi connectivity index (χ4v) is 5.40. The lowest BCUT2D eigenvalue weighted by molar-refractivity contribution is -0.132. The lowest BCUT2D eigenvalue weighted by Gasteiger charge is -2.35. The van der Waals surface area contributed by atoms with Crippen LogP contribution in [-0.4, -0.2) is 86.5 Å². The lowest BCUT2D eigenvalue weighted by atomic mass is 10.3. The van der Waals surface area contributed by atoms with E-state index in [1.54, 1.807) is 16.7 Å². The van der Waals surface area contributed by atoms with Crippen LogP contribution in [0.25, 0.3) is 0 Å². The zero-order chi connectivity index (χ0) is 14.6. The van der Waals surface area contributed by atoms with Crippen molar-refractivity contribution in [1.82, 2.24) is 15.1 Å². The fraction of sp³-hybridized carbons (Fsp3) is 0.917. The van der Waals surface area contributed by atoms with Crippen molar-refractivity contribution in [2.24, 2.45) is 0 Å². The molecule has 116 valence electrons. The molecule has 0 bridgehead atoms. The third kappa shape index (κ3) is 4.34. The van der Waals surface area contributed by atoms with Gasteiger partial charge in [0.05, 0.1) is 6.54 Å². The molecule has 2 fully saturated rings. The Kier molecular flexibility index (Phi) is 5.71. The van der Waals surface area contributed by atoms with E-state index in [2.05, 4.69) is 10.2 Å². The van der Waals surface area contributed by atoms with Gasteiger partial charge in [-0.05, 0) is 19.5 Å². The summed E-state index contributed by atoms with van der Waals surface area (Å²) in [6.07, 6.45) is 2.25. The van der Waals surface area contributed by atoms with E-state index in [1.165, 1.54) is 6.26 Å². The van der Waals surface area contributed by atoms with Crippen molar-refractivity contribution in [3.8, 4) is 0 Å². The Labute approximate surface area is 125 Å². The first-order valence-electron chi connectivity index (χ1n) is 6.97. The lowest BCUT2D eigenvalue weighted by Crippen LogP contribution is -2.53. The number of amides is 1. The summed E-state index contributed by atoms with van der Waals surface area (Å²) in [5, 5.41) is 2.64. The number of hydrogen-bond donors (Lipinski definition) is 1. The van der Waals surface area contributed by atoms with Crippen LogP contribution in [-0.2, 0) is 14.6 Å². The number of carbonyl (C=O) groups excluding carboxylic acids is 1. The van der Waals surface area contributed by atoms with Crippen LogP contribution in [0.4, 0.5) is 0 Å². The number of nitrogens with one attached hydrogen (secondary N) is 1. The second kappa shape index (κ2) is 7.11. The highest BCUT2D eigenvalue weighted by molar-refractivity contribution is 8.00. The van der Waals surface area contributed by atoms with Crippen LogP contribution < -0.4 is 5.32 Å². The highest BCUT2D eigenvalue weighted by atomic mass is 32.2. The SMILES string of the molecule is CS(=O)(=O)C1CSCCN1C(=O)CN1CCCNCC1. The van der Waals surface area contributed by atoms with E-state index in [0.717, 1.165) is 38.4 Å². The molecule has 1 amide bonds. The highest BCUT2D eigenvalue weighted by Gasteiger charge is 2.34. The van der Waals surface area contributed by atoms with Crippen molar-refractivity contribution in [2.45, 2.75) is 11.8 Å². The molecule has 0 aliphatic carbocycles. The van der Waals surface area contributed by atoms with Gasteiger partial charge in [0.15, 0.2) is 9.84 Å². The zero-order valence-electron chi connectivity index (χ0n) is 11.9. The van der Waals surface area contributed by atoms with E-state index in [9.17, 15) is 13.2 Å². The van der Waals surface area contributed by atoms with Crippen LogP contribution in [0.2, 0.25) is 0 Å². The van der Waals surface area contributed by atoms with E-state index < -0.39 is 15.2 Å². The normalized spacial score (nSPS) is 26.2. The second-order valence-electron chi connectivity index (χ2n) is 5.33. The molecule has 0 spiro atoms. The number of rotatable bonds is 3. The molecule has 8 heteroatoms. The fourth-order valence-electron chi connectivity index (χ4n) is 2.56. The van der Waals surface area contributed by atoms with Crippen LogP contribution >= 0.6 is 11.8 Å². The van der Waals surface area contributed by atoms with Gasteiger partial charge >= 0.3 is 0 Å². The predicted molar refractivity (Wildman–Crippen MR) is 81.6 cm³/mol. The first-order valence-corrected chi connectivity index (χ1v) is 10.1. The van der Waals surface area contributed by atoms with Crippen LogP contribution in [0, 0.1) is 0 Å². The van der Waals surface area contributed by atoms with Gasteiger partial charge in [-0.3, -0.25) is 9.69 Å². The Morgan fingerprint density at radius 1 is 1.30 bits per heavy atom. The summed E-state index contributed by atoms with van der Waals surface area (Å²) in [6.45, 7) is 4.48. The van der Waals surface area contributed by atoms with Gasteiger partial charge in [-0.15, -0.1) is 0 Å². The molecule has 1 unspecified atom stereocenters. The van der Waals surface area contributed by atoms with E-state index in [1.807, 2.05) is 0 Å². The number of hydrogen-bond acceptors (Lipinski definition) is 6. The summed E-state index contributed by atoms with van der Waals surface area (Å²) >= 11 is 1.60. The summed E-state index contributed by atoms with van der Waals surface area (Å²) in [4.78, 5) is 16.1. The molecule has 0 saturated carbocycles.